The summed E-state index contributed by atoms with van der Waals surface area (Å²) in [5.41, 5.74) is 6.23. The van der Waals surface area contributed by atoms with Gasteiger partial charge >= 0.3 is 5.97 Å². The Bertz CT molecular complexity index is 1630. The number of para-hydroxylation sites is 1. The molecule has 1 amide bonds. The Balaban J connectivity index is 1.70. The number of nitrogens with one attached hydrogen (secondary N) is 2. The van der Waals surface area contributed by atoms with Crippen molar-refractivity contribution in [2.45, 2.75) is 32.9 Å². The third-order valence-electron chi connectivity index (χ3n) is 7.21. The molecule has 41 heavy (non-hydrogen) atoms. The highest BCUT2D eigenvalue weighted by Gasteiger charge is 2.42. The molecule has 0 saturated carbocycles. The van der Waals surface area contributed by atoms with Crippen LogP contribution in [0.4, 0.5) is 11.4 Å². The molecule has 1 aliphatic heterocycles. The number of thiocarbonyl (C=S) groups is 1. The molecular formula is C31H31N5O4S. The summed E-state index contributed by atoms with van der Waals surface area (Å²) in [5.74, 6) is -0.0779. The summed E-state index contributed by atoms with van der Waals surface area (Å²) in [6.45, 7) is 5.49. The van der Waals surface area contributed by atoms with Crippen LogP contribution in [0.25, 0.3) is 5.69 Å². The van der Waals surface area contributed by atoms with E-state index in [0.717, 1.165) is 34.0 Å². The van der Waals surface area contributed by atoms with Crippen LogP contribution >= 0.6 is 12.2 Å². The number of amides is 1. The topological polar surface area (TPSA) is 97.7 Å². The van der Waals surface area contributed by atoms with E-state index in [9.17, 15) is 9.59 Å². The van der Waals surface area contributed by atoms with Gasteiger partial charge in [-0.15, -0.1) is 0 Å². The van der Waals surface area contributed by atoms with Gasteiger partial charge in [-0.25, -0.2) is 4.79 Å². The van der Waals surface area contributed by atoms with Crippen LogP contribution in [0.5, 0.6) is 5.75 Å². The van der Waals surface area contributed by atoms with E-state index in [1.54, 1.807) is 19.4 Å². The van der Waals surface area contributed by atoms with E-state index < -0.39 is 5.97 Å². The zero-order chi connectivity index (χ0) is 29.3. The first-order chi connectivity index (χ1) is 19.7. The van der Waals surface area contributed by atoms with Gasteiger partial charge in [-0.3, -0.25) is 9.78 Å². The highest BCUT2D eigenvalue weighted by atomic mass is 32.1. The summed E-state index contributed by atoms with van der Waals surface area (Å²) in [5, 5.41) is 6.86. The van der Waals surface area contributed by atoms with Gasteiger partial charge in [-0.1, -0.05) is 18.2 Å². The number of methoxy groups -OCH3 is 2. The number of hydrogen-bond donors (Lipinski definition) is 2. The maximum absolute atomic E-state index is 12.7. The number of aryl methyl sites for hydroxylation is 1. The smallest absolute Gasteiger partial charge is 0.339 e. The predicted octanol–water partition coefficient (Wildman–Crippen LogP) is 5.42. The molecule has 1 aliphatic rings. The van der Waals surface area contributed by atoms with Crippen molar-refractivity contribution < 1.29 is 19.1 Å². The van der Waals surface area contributed by atoms with E-state index in [0.29, 0.717) is 22.1 Å². The fourth-order valence-corrected chi connectivity index (χ4v) is 5.84. The lowest BCUT2D eigenvalue weighted by molar-refractivity contribution is -0.114. The fraction of sp³-hybridized carbons (Fsp3) is 0.226. The predicted molar refractivity (Wildman–Crippen MR) is 162 cm³/mol. The zero-order valence-electron chi connectivity index (χ0n) is 23.5. The van der Waals surface area contributed by atoms with E-state index in [-0.39, 0.29) is 18.0 Å². The average Bonchev–Trinajstić information content (AvgIpc) is 3.47. The summed E-state index contributed by atoms with van der Waals surface area (Å²) >= 11 is 5.92. The lowest BCUT2D eigenvalue weighted by atomic mass is 9.96. The van der Waals surface area contributed by atoms with Crippen LogP contribution in [0.15, 0.2) is 72.9 Å². The molecule has 2 aromatic heterocycles. The van der Waals surface area contributed by atoms with E-state index in [4.69, 9.17) is 21.7 Å². The second-order valence-corrected chi connectivity index (χ2v) is 10.1. The maximum Gasteiger partial charge on any atom is 0.339 e. The van der Waals surface area contributed by atoms with Crippen molar-refractivity contribution in [2.75, 3.05) is 24.4 Å². The Morgan fingerprint density at radius 3 is 2.46 bits per heavy atom. The average molecular weight is 570 g/mol. The molecule has 0 bridgehead atoms. The van der Waals surface area contributed by atoms with E-state index in [1.165, 1.54) is 14.0 Å². The molecule has 2 atom stereocenters. The van der Waals surface area contributed by atoms with Crippen LogP contribution in [-0.4, -0.2) is 40.8 Å². The van der Waals surface area contributed by atoms with E-state index in [1.807, 2.05) is 73.3 Å². The zero-order valence-corrected chi connectivity index (χ0v) is 24.3. The van der Waals surface area contributed by atoms with Gasteiger partial charge in [-0.2, -0.15) is 0 Å². The third-order valence-corrected chi connectivity index (χ3v) is 7.52. The first-order valence-electron chi connectivity index (χ1n) is 13.1. The minimum absolute atomic E-state index is 0.210. The summed E-state index contributed by atoms with van der Waals surface area (Å²) in [4.78, 5) is 31.3. The van der Waals surface area contributed by atoms with Crippen molar-refractivity contribution >= 4 is 40.6 Å². The van der Waals surface area contributed by atoms with Gasteiger partial charge in [0.2, 0.25) is 5.91 Å². The first kappa shape index (κ1) is 27.9. The normalized spacial score (nSPS) is 16.3. The number of benzene rings is 2. The third kappa shape index (κ3) is 5.14. The summed E-state index contributed by atoms with van der Waals surface area (Å²) in [6.07, 6.45) is 1.76. The molecular weight excluding hydrogens is 538 g/mol. The quantitative estimate of drug-likeness (QED) is 0.225. The van der Waals surface area contributed by atoms with Crippen LogP contribution in [0.3, 0.4) is 0 Å². The van der Waals surface area contributed by atoms with Gasteiger partial charge < -0.3 is 29.6 Å². The van der Waals surface area contributed by atoms with Crippen LogP contribution in [0, 0.1) is 13.8 Å². The van der Waals surface area contributed by atoms with E-state index in [2.05, 4.69) is 26.3 Å². The maximum atomic E-state index is 12.7. The number of rotatable bonds is 7. The van der Waals surface area contributed by atoms with Crippen LogP contribution < -0.4 is 20.3 Å². The summed E-state index contributed by atoms with van der Waals surface area (Å²) in [6, 6.07) is 20.3. The highest BCUT2D eigenvalue weighted by molar-refractivity contribution is 7.80. The first-order valence-corrected chi connectivity index (χ1v) is 13.5. The standard InChI is InChI=1S/C31H31N5O4S/c1-18-16-23(19(2)35(18)26-12-7-6-10-22(26)30(38)40-5)29-28(24-11-8-9-15-32-24)34-31(41)36(29)21-13-14-27(39-4)25(17-21)33-20(3)37/h6-17,28-29H,1-5H3,(H,33,37)(H,34,41). The van der Waals surface area contributed by atoms with Gasteiger partial charge in [0.15, 0.2) is 5.11 Å². The van der Waals surface area contributed by atoms with Gasteiger partial charge in [0.25, 0.3) is 0 Å². The molecule has 3 heterocycles. The molecule has 2 aromatic carbocycles. The molecule has 1 saturated heterocycles. The van der Waals surface area contributed by atoms with Crippen molar-refractivity contribution in [2.24, 2.45) is 0 Å². The van der Waals surface area contributed by atoms with Crippen molar-refractivity contribution in [1.82, 2.24) is 14.9 Å². The van der Waals surface area contributed by atoms with Gasteiger partial charge in [-0.05, 0) is 80.2 Å². The highest BCUT2D eigenvalue weighted by Crippen LogP contribution is 2.45. The number of hydrogen-bond acceptors (Lipinski definition) is 6. The second kappa shape index (κ2) is 11.4. The van der Waals surface area contributed by atoms with Crippen molar-refractivity contribution in [3.05, 3.63) is 101 Å². The van der Waals surface area contributed by atoms with Crippen molar-refractivity contribution in [1.29, 1.82) is 0 Å². The van der Waals surface area contributed by atoms with Crippen molar-refractivity contribution in [3.8, 4) is 11.4 Å². The Morgan fingerprint density at radius 2 is 1.78 bits per heavy atom. The van der Waals surface area contributed by atoms with Crippen LogP contribution in [0.2, 0.25) is 0 Å². The molecule has 0 radical (unpaired) electrons. The lowest BCUT2D eigenvalue weighted by Crippen LogP contribution is -2.29. The minimum Gasteiger partial charge on any atom is -0.495 e. The van der Waals surface area contributed by atoms with Gasteiger partial charge in [0, 0.05) is 30.2 Å². The number of nitrogens with zero attached hydrogens (tertiary/aromatic N) is 3. The number of pyridine rings is 1. The monoisotopic (exact) mass is 569 g/mol. The van der Waals surface area contributed by atoms with Crippen molar-refractivity contribution in [3.63, 3.8) is 0 Å². The number of carbonyl (C=O) groups excluding carboxylic acids is 2. The number of aromatic nitrogens is 2. The number of ether oxygens (including phenoxy) is 2. The molecule has 5 rings (SSSR count). The Labute approximate surface area is 244 Å². The van der Waals surface area contributed by atoms with Gasteiger partial charge in [0.1, 0.15) is 5.75 Å². The summed E-state index contributed by atoms with van der Waals surface area (Å²) in [7, 11) is 2.94. The summed E-state index contributed by atoms with van der Waals surface area (Å²) < 4.78 is 12.6. The van der Waals surface area contributed by atoms with Gasteiger partial charge in [0.05, 0.1) is 48.9 Å². The Morgan fingerprint density at radius 1 is 1.02 bits per heavy atom. The molecule has 2 N–H and O–H groups in total. The second-order valence-electron chi connectivity index (χ2n) is 9.73. The SMILES string of the molecule is COC(=O)c1ccccc1-n1c(C)cc(C2C(c3ccccn3)NC(=S)N2c2ccc(OC)c(NC(C)=O)c2)c1C. The molecule has 4 aromatic rings. The lowest BCUT2D eigenvalue weighted by Gasteiger charge is -2.29. The number of anilines is 2. The van der Waals surface area contributed by atoms with E-state index >= 15 is 0 Å². The number of esters is 1. The Kier molecular flexibility index (Phi) is 7.76. The fourth-order valence-electron chi connectivity index (χ4n) is 5.49. The number of carbonyl (C=O) groups is 2. The molecule has 10 heteroatoms. The Hall–Kier alpha value is -4.70. The van der Waals surface area contributed by atoms with Crippen LogP contribution in [-0.2, 0) is 9.53 Å². The molecule has 210 valence electrons. The molecule has 0 aliphatic carbocycles. The molecule has 0 spiro atoms. The molecule has 2 unspecified atom stereocenters. The molecule has 1 fully saturated rings. The minimum atomic E-state index is -0.407. The van der Waals surface area contributed by atoms with Crippen LogP contribution in [0.1, 0.15) is 52.0 Å². The molecule has 9 nitrogen and oxygen atoms in total. The largest absolute Gasteiger partial charge is 0.495 e.